The van der Waals surface area contributed by atoms with Crippen LogP contribution in [-0.2, 0) is 0 Å². The number of aromatic amines is 2. The van der Waals surface area contributed by atoms with Crippen molar-refractivity contribution in [2.45, 2.75) is 13.8 Å². The van der Waals surface area contributed by atoms with Crippen LogP contribution >= 0.6 is 0 Å². The lowest BCUT2D eigenvalue weighted by Gasteiger charge is -2.05. The second-order valence-electron chi connectivity index (χ2n) is 6.06. The molecule has 2 aromatic heterocycles. The van der Waals surface area contributed by atoms with Crippen LogP contribution in [0.3, 0.4) is 0 Å². The van der Waals surface area contributed by atoms with Crippen molar-refractivity contribution in [1.29, 1.82) is 0 Å². The van der Waals surface area contributed by atoms with E-state index < -0.39 is 0 Å². The molecule has 4 heteroatoms. The number of aromatic nitrogens is 3. The van der Waals surface area contributed by atoms with Crippen LogP contribution in [0.5, 0.6) is 0 Å². The van der Waals surface area contributed by atoms with Crippen LogP contribution in [0.1, 0.15) is 21.5 Å². The lowest BCUT2D eigenvalue weighted by Crippen LogP contribution is -1.87. The van der Waals surface area contributed by atoms with Gasteiger partial charge in [0, 0.05) is 16.5 Å². The van der Waals surface area contributed by atoms with Crippen LogP contribution in [0.2, 0.25) is 0 Å². The van der Waals surface area contributed by atoms with E-state index in [1.807, 2.05) is 18.2 Å². The molecule has 2 heterocycles. The van der Waals surface area contributed by atoms with Gasteiger partial charge in [0.1, 0.15) is 0 Å². The zero-order valence-corrected chi connectivity index (χ0v) is 13.6. The molecule has 0 saturated carbocycles. The van der Waals surface area contributed by atoms with Crippen molar-refractivity contribution >= 4 is 17.2 Å². The van der Waals surface area contributed by atoms with Gasteiger partial charge in [0.15, 0.2) is 6.29 Å². The quantitative estimate of drug-likeness (QED) is 0.540. The van der Waals surface area contributed by atoms with Gasteiger partial charge in [-0.2, -0.15) is 5.10 Å². The highest BCUT2D eigenvalue weighted by molar-refractivity contribution is 6.06. The third-order valence-electron chi connectivity index (χ3n) is 4.36. The number of hydrogen-bond donors (Lipinski definition) is 2. The Morgan fingerprint density at radius 2 is 1.83 bits per heavy atom. The SMILES string of the molecule is Cc1cc(C)c2[nH]c(-c3[nH]ncc3C=O)c(-c3ccccc3)c2c1. The number of benzene rings is 2. The van der Waals surface area contributed by atoms with Gasteiger partial charge in [0.05, 0.1) is 23.1 Å². The number of carbonyl (C=O) groups excluding carboxylic acids is 1. The molecule has 0 amide bonds. The van der Waals surface area contributed by atoms with Crippen molar-refractivity contribution in [3.05, 3.63) is 65.4 Å². The number of rotatable bonds is 3. The van der Waals surface area contributed by atoms with Gasteiger partial charge in [0.2, 0.25) is 0 Å². The summed E-state index contributed by atoms with van der Waals surface area (Å²) in [5.41, 5.74) is 7.83. The van der Waals surface area contributed by atoms with E-state index >= 15 is 0 Å². The number of aldehydes is 1. The summed E-state index contributed by atoms with van der Waals surface area (Å²) >= 11 is 0. The highest BCUT2D eigenvalue weighted by atomic mass is 16.1. The Bertz CT molecular complexity index is 1040. The Kier molecular flexibility index (Phi) is 3.31. The highest BCUT2D eigenvalue weighted by Crippen LogP contribution is 2.39. The first-order chi connectivity index (χ1) is 11.7. The fourth-order valence-corrected chi connectivity index (χ4v) is 3.33. The standard InChI is InChI=1S/C20H17N3O/c1-12-8-13(2)18-16(9-12)17(14-6-4-3-5-7-14)20(22-18)19-15(11-24)10-21-23-19/h3-11,22H,1-2H3,(H,21,23). The third kappa shape index (κ3) is 2.15. The molecule has 0 aliphatic rings. The van der Waals surface area contributed by atoms with Gasteiger partial charge in [-0.3, -0.25) is 9.89 Å². The number of aryl methyl sites for hydroxylation is 2. The molecule has 0 aliphatic carbocycles. The van der Waals surface area contributed by atoms with Crippen LogP contribution in [0.25, 0.3) is 33.4 Å². The van der Waals surface area contributed by atoms with Crippen molar-refractivity contribution < 1.29 is 4.79 Å². The molecule has 118 valence electrons. The van der Waals surface area contributed by atoms with E-state index in [0.29, 0.717) is 5.56 Å². The van der Waals surface area contributed by atoms with Crippen LogP contribution in [-0.4, -0.2) is 21.5 Å². The van der Waals surface area contributed by atoms with E-state index in [2.05, 4.69) is 53.3 Å². The summed E-state index contributed by atoms with van der Waals surface area (Å²) in [6.07, 6.45) is 2.39. The molecule has 2 N–H and O–H groups in total. The predicted molar refractivity (Wildman–Crippen MR) is 96.2 cm³/mol. The molecule has 24 heavy (non-hydrogen) atoms. The molecule has 0 aliphatic heterocycles. The van der Waals surface area contributed by atoms with Crippen molar-refractivity contribution in [3.63, 3.8) is 0 Å². The van der Waals surface area contributed by atoms with Crippen molar-refractivity contribution in [3.8, 4) is 22.5 Å². The molecule has 0 bridgehead atoms. The molecule has 2 aromatic carbocycles. The van der Waals surface area contributed by atoms with Crippen LogP contribution in [0.4, 0.5) is 0 Å². The van der Waals surface area contributed by atoms with E-state index in [9.17, 15) is 4.79 Å². The Balaban J connectivity index is 2.13. The summed E-state index contributed by atoms with van der Waals surface area (Å²) in [5.74, 6) is 0. The van der Waals surface area contributed by atoms with E-state index in [-0.39, 0.29) is 0 Å². The number of fused-ring (bicyclic) bond motifs is 1. The highest BCUT2D eigenvalue weighted by Gasteiger charge is 2.19. The molecule has 4 aromatic rings. The molecule has 4 rings (SSSR count). The smallest absolute Gasteiger partial charge is 0.153 e. The van der Waals surface area contributed by atoms with E-state index in [1.165, 1.54) is 11.1 Å². The summed E-state index contributed by atoms with van der Waals surface area (Å²) in [6.45, 7) is 4.19. The molecule has 0 atom stereocenters. The zero-order valence-electron chi connectivity index (χ0n) is 13.6. The summed E-state index contributed by atoms with van der Waals surface area (Å²) in [5, 5.41) is 8.16. The lowest BCUT2D eigenvalue weighted by atomic mass is 9.98. The molecule has 0 fully saturated rings. The maximum atomic E-state index is 11.4. The Hall–Kier alpha value is -3.14. The molecule has 0 unspecified atom stereocenters. The Morgan fingerprint density at radius 1 is 1.04 bits per heavy atom. The predicted octanol–water partition coefficient (Wildman–Crippen LogP) is 4.65. The van der Waals surface area contributed by atoms with Crippen LogP contribution in [0, 0.1) is 13.8 Å². The number of hydrogen-bond acceptors (Lipinski definition) is 2. The fraction of sp³-hybridized carbons (Fsp3) is 0.100. The Labute approximate surface area is 139 Å². The minimum absolute atomic E-state index is 0.549. The largest absolute Gasteiger partial charge is 0.353 e. The van der Waals surface area contributed by atoms with Gasteiger partial charge in [0.25, 0.3) is 0 Å². The van der Waals surface area contributed by atoms with Gasteiger partial charge in [-0.1, -0.05) is 42.0 Å². The first kappa shape index (κ1) is 14.5. The monoisotopic (exact) mass is 315 g/mol. The second kappa shape index (κ2) is 5.49. The maximum Gasteiger partial charge on any atom is 0.153 e. The summed E-state index contributed by atoms with van der Waals surface area (Å²) < 4.78 is 0. The molecular formula is C20H17N3O. The topological polar surface area (TPSA) is 61.5 Å². The van der Waals surface area contributed by atoms with Gasteiger partial charge in [-0.05, 0) is 31.0 Å². The van der Waals surface area contributed by atoms with Crippen molar-refractivity contribution in [1.82, 2.24) is 15.2 Å². The van der Waals surface area contributed by atoms with Crippen LogP contribution in [0.15, 0.2) is 48.7 Å². The minimum atomic E-state index is 0.549. The van der Waals surface area contributed by atoms with Gasteiger partial charge >= 0.3 is 0 Å². The minimum Gasteiger partial charge on any atom is -0.353 e. The van der Waals surface area contributed by atoms with E-state index in [1.54, 1.807) is 6.20 Å². The zero-order chi connectivity index (χ0) is 16.7. The molecule has 0 radical (unpaired) electrons. The van der Waals surface area contributed by atoms with E-state index in [4.69, 9.17) is 0 Å². The summed E-state index contributed by atoms with van der Waals surface area (Å²) in [4.78, 5) is 14.9. The number of carbonyl (C=O) groups is 1. The van der Waals surface area contributed by atoms with Crippen molar-refractivity contribution in [2.24, 2.45) is 0 Å². The molecule has 4 nitrogen and oxygen atoms in total. The first-order valence-corrected chi connectivity index (χ1v) is 7.86. The van der Waals surface area contributed by atoms with Gasteiger partial charge in [-0.25, -0.2) is 0 Å². The van der Waals surface area contributed by atoms with Crippen molar-refractivity contribution in [2.75, 3.05) is 0 Å². The number of nitrogens with zero attached hydrogens (tertiary/aromatic N) is 1. The Morgan fingerprint density at radius 3 is 2.58 bits per heavy atom. The fourth-order valence-electron chi connectivity index (χ4n) is 3.33. The lowest BCUT2D eigenvalue weighted by molar-refractivity contribution is 0.112. The third-order valence-corrected chi connectivity index (χ3v) is 4.36. The summed E-state index contributed by atoms with van der Waals surface area (Å²) in [7, 11) is 0. The molecule has 0 saturated heterocycles. The molecule has 0 spiro atoms. The maximum absolute atomic E-state index is 11.4. The average molecular weight is 315 g/mol. The number of H-pyrrole nitrogens is 2. The second-order valence-corrected chi connectivity index (χ2v) is 6.06. The normalized spacial score (nSPS) is 11.1. The number of nitrogens with one attached hydrogen (secondary N) is 2. The van der Waals surface area contributed by atoms with E-state index in [0.717, 1.165) is 39.7 Å². The summed E-state index contributed by atoms with van der Waals surface area (Å²) in [6, 6.07) is 14.6. The van der Waals surface area contributed by atoms with Gasteiger partial charge < -0.3 is 4.98 Å². The molecular weight excluding hydrogens is 298 g/mol. The first-order valence-electron chi connectivity index (χ1n) is 7.86. The van der Waals surface area contributed by atoms with Crippen LogP contribution < -0.4 is 0 Å². The van der Waals surface area contributed by atoms with Gasteiger partial charge in [-0.15, -0.1) is 0 Å². The average Bonchev–Trinajstić information content (AvgIpc) is 3.19.